The second kappa shape index (κ2) is 6.49. The molecular formula is C18H34O2. The number of carbonyl (C=O) groups is 1. The van der Waals surface area contributed by atoms with E-state index in [0.29, 0.717) is 11.3 Å². The van der Waals surface area contributed by atoms with Gasteiger partial charge < -0.3 is 4.74 Å². The van der Waals surface area contributed by atoms with Gasteiger partial charge in [-0.05, 0) is 56.3 Å². The van der Waals surface area contributed by atoms with Crippen LogP contribution in [0, 0.1) is 22.7 Å². The van der Waals surface area contributed by atoms with E-state index in [1.807, 2.05) is 6.92 Å². The average molecular weight is 282 g/mol. The molecule has 0 aromatic carbocycles. The van der Waals surface area contributed by atoms with Gasteiger partial charge in [0.1, 0.15) is 6.10 Å². The van der Waals surface area contributed by atoms with Crippen LogP contribution in [0.5, 0.6) is 0 Å². The van der Waals surface area contributed by atoms with Gasteiger partial charge in [0.25, 0.3) is 0 Å². The molecule has 0 spiro atoms. The Morgan fingerprint density at radius 3 is 1.95 bits per heavy atom. The normalized spacial score (nSPS) is 27.2. The van der Waals surface area contributed by atoms with Crippen molar-refractivity contribution in [2.24, 2.45) is 22.7 Å². The van der Waals surface area contributed by atoms with Crippen LogP contribution in [0.15, 0.2) is 0 Å². The lowest BCUT2D eigenvalue weighted by molar-refractivity contribution is -0.166. The zero-order chi connectivity index (χ0) is 15.6. The Morgan fingerprint density at radius 1 is 1.10 bits per heavy atom. The van der Waals surface area contributed by atoms with Crippen molar-refractivity contribution in [1.29, 1.82) is 0 Å². The minimum absolute atomic E-state index is 0.00853. The largest absolute Gasteiger partial charge is 0.462 e. The lowest BCUT2D eigenvalue weighted by Crippen LogP contribution is -2.38. The number of esters is 1. The fraction of sp³-hybridized carbons (Fsp3) is 0.944. The third-order valence-electron chi connectivity index (χ3n) is 5.65. The smallest absolute Gasteiger partial charge is 0.312 e. The highest BCUT2D eigenvalue weighted by Crippen LogP contribution is 2.40. The molecule has 0 bridgehead atoms. The van der Waals surface area contributed by atoms with Crippen LogP contribution in [0.1, 0.15) is 80.6 Å². The van der Waals surface area contributed by atoms with Crippen LogP contribution in [0.25, 0.3) is 0 Å². The second-order valence-corrected chi connectivity index (χ2v) is 8.17. The summed E-state index contributed by atoms with van der Waals surface area (Å²) in [7, 11) is 0. The van der Waals surface area contributed by atoms with E-state index in [1.165, 1.54) is 12.8 Å². The Labute approximate surface area is 125 Å². The van der Waals surface area contributed by atoms with Crippen LogP contribution in [0.4, 0.5) is 0 Å². The molecule has 1 unspecified atom stereocenters. The van der Waals surface area contributed by atoms with Gasteiger partial charge in [-0.2, -0.15) is 0 Å². The molecular weight excluding hydrogens is 248 g/mol. The molecule has 0 heterocycles. The molecule has 0 aromatic rings. The van der Waals surface area contributed by atoms with Gasteiger partial charge in [-0.1, -0.05) is 41.5 Å². The molecule has 1 saturated carbocycles. The molecule has 1 aliphatic carbocycles. The molecule has 118 valence electrons. The minimum atomic E-state index is -0.332. The fourth-order valence-corrected chi connectivity index (χ4v) is 3.12. The highest BCUT2D eigenvalue weighted by molar-refractivity contribution is 5.76. The predicted octanol–water partition coefficient (Wildman–Crippen LogP) is 5.21. The van der Waals surface area contributed by atoms with Gasteiger partial charge in [0.2, 0.25) is 0 Å². The lowest BCUT2D eigenvalue weighted by Gasteiger charge is -2.38. The van der Waals surface area contributed by atoms with Gasteiger partial charge >= 0.3 is 5.97 Å². The summed E-state index contributed by atoms with van der Waals surface area (Å²) in [5.74, 6) is 1.10. The van der Waals surface area contributed by atoms with Crippen molar-refractivity contribution >= 4 is 5.97 Å². The molecule has 0 aromatic heterocycles. The second-order valence-electron chi connectivity index (χ2n) is 8.17. The first-order chi connectivity index (χ1) is 9.11. The van der Waals surface area contributed by atoms with E-state index in [9.17, 15) is 4.79 Å². The summed E-state index contributed by atoms with van der Waals surface area (Å²) in [5.41, 5.74) is 0.0473. The van der Waals surface area contributed by atoms with Gasteiger partial charge in [0.05, 0.1) is 5.41 Å². The Balaban J connectivity index is 2.54. The number of rotatable bonds is 4. The molecule has 0 saturated heterocycles. The van der Waals surface area contributed by atoms with Gasteiger partial charge in [0.15, 0.2) is 0 Å². The van der Waals surface area contributed by atoms with Gasteiger partial charge in [-0.25, -0.2) is 0 Å². The van der Waals surface area contributed by atoms with Crippen molar-refractivity contribution in [3.63, 3.8) is 0 Å². The lowest BCUT2D eigenvalue weighted by atomic mass is 9.71. The van der Waals surface area contributed by atoms with Gasteiger partial charge in [-0.15, -0.1) is 0 Å². The molecule has 0 amide bonds. The van der Waals surface area contributed by atoms with E-state index in [0.717, 1.165) is 25.2 Å². The van der Waals surface area contributed by atoms with Crippen LogP contribution in [-0.4, -0.2) is 12.1 Å². The maximum Gasteiger partial charge on any atom is 0.312 e. The van der Waals surface area contributed by atoms with Crippen LogP contribution < -0.4 is 0 Å². The molecule has 1 rings (SSSR count). The molecule has 0 aliphatic heterocycles. The summed E-state index contributed by atoms with van der Waals surface area (Å²) < 4.78 is 5.83. The molecule has 0 radical (unpaired) electrons. The molecule has 2 nitrogen and oxygen atoms in total. The standard InChI is InChI=1S/C18H34O2/c1-8-18(7,13(2)3)16(19)20-15-11-9-14(10-12-15)17(4,5)6/h13-15H,8-12H2,1-7H3. The predicted molar refractivity (Wildman–Crippen MR) is 84.5 cm³/mol. The molecule has 2 heteroatoms. The third kappa shape index (κ3) is 3.99. The number of ether oxygens (including phenoxy) is 1. The molecule has 1 aliphatic rings. The minimum Gasteiger partial charge on any atom is -0.462 e. The topological polar surface area (TPSA) is 26.3 Å². The highest BCUT2D eigenvalue weighted by Gasteiger charge is 2.39. The number of hydrogen-bond donors (Lipinski definition) is 0. The first-order valence-corrected chi connectivity index (χ1v) is 8.32. The summed E-state index contributed by atoms with van der Waals surface area (Å²) in [5, 5.41) is 0. The number of carbonyl (C=O) groups excluding carboxylic acids is 1. The van der Waals surface area contributed by atoms with Crippen molar-refractivity contribution < 1.29 is 9.53 Å². The van der Waals surface area contributed by atoms with Crippen LogP contribution in [-0.2, 0) is 9.53 Å². The average Bonchev–Trinajstić information content (AvgIpc) is 2.36. The molecule has 0 N–H and O–H groups in total. The van der Waals surface area contributed by atoms with Crippen molar-refractivity contribution in [2.45, 2.75) is 86.7 Å². The summed E-state index contributed by atoms with van der Waals surface area (Å²) in [4.78, 5) is 12.5. The van der Waals surface area contributed by atoms with E-state index in [1.54, 1.807) is 0 Å². The summed E-state index contributed by atoms with van der Waals surface area (Å²) >= 11 is 0. The van der Waals surface area contributed by atoms with Gasteiger partial charge in [0, 0.05) is 0 Å². The SMILES string of the molecule is CCC(C)(C(=O)OC1CCC(C(C)(C)C)CC1)C(C)C. The Bertz CT molecular complexity index is 319. The Morgan fingerprint density at radius 2 is 1.60 bits per heavy atom. The van der Waals surface area contributed by atoms with Crippen molar-refractivity contribution in [3.05, 3.63) is 0 Å². The first-order valence-electron chi connectivity index (χ1n) is 8.32. The van der Waals surface area contributed by atoms with E-state index < -0.39 is 0 Å². The van der Waals surface area contributed by atoms with Crippen LogP contribution in [0.2, 0.25) is 0 Å². The zero-order valence-electron chi connectivity index (χ0n) is 14.6. The van der Waals surface area contributed by atoms with E-state index in [-0.39, 0.29) is 17.5 Å². The van der Waals surface area contributed by atoms with Crippen molar-refractivity contribution in [2.75, 3.05) is 0 Å². The van der Waals surface area contributed by atoms with Gasteiger partial charge in [-0.3, -0.25) is 4.79 Å². The molecule has 1 fully saturated rings. The summed E-state index contributed by atoms with van der Waals surface area (Å²) in [6.07, 6.45) is 5.43. The summed E-state index contributed by atoms with van der Waals surface area (Å²) in [6, 6.07) is 0. The van der Waals surface area contributed by atoms with Crippen molar-refractivity contribution in [1.82, 2.24) is 0 Å². The number of hydrogen-bond acceptors (Lipinski definition) is 2. The zero-order valence-corrected chi connectivity index (χ0v) is 14.6. The Hall–Kier alpha value is -0.530. The van der Waals surface area contributed by atoms with Crippen LogP contribution >= 0.6 is 0 Å². The Kier molecular flexibility index (Phi) is 5.69. The maximum atomic E-state index is 12.5. The third-order valence-corrected chi connectivity index (χ3v) is 5.65. The molecule has 20 heavy (non-hydrogen) atoms. The first kappa shape index (κ1) is 17.5. The monoisotopic (exact) mass is 282 g/mol. The van der Waals surface area contributed by atoms with Crippen LogP contribution in [0.3, 0.4) is 0 Å². The van der Waals surface area contributed by atoms with E-state index >= 15 is 0 Å². The molecule has 1 atom stereocenters. The summed E-state index contributed by atoms with van der Waals surface area (Å²) in [6.45, 7) is 15.3. The van der Waals surface area contributed by atoms with E-state index in [2.05, 4.69) is 41.5 Å². The van der Waals surface area contributed by atoms with Crippen molar-refractivity contribution in [3.8, 4) is 0 Å². The maximum absolute atomic E-state index is 12.5. The highest BCUT2D eigenvalue weighted by atomic mass is 16.5. The quantitative estimate of drug-likeness (QED) is 0.662. The fourth-order valence-electron chi connectivity index (χ4n) is 3.12. The van der Waals surface area contributed by atoms with E-state index in [4.69, 9.17) is 4.74 Å².